The number of halogens is 3. The molecule has 0 N–H and O–H groups in total. The highest BCUT2D eigenvalue weighted by Crippen LogP contribution is 2.47. The molecule has 6 nitrogen and oxygen atoms in total. The summed E-state index contributed by atoms with van der Waals surface area (Å²) in [5, 5.41) is 0. The number of ketones is 2. The lowest BCUT2D eigenvalue weighted by molar-refractivity contribution is -0.137. The minimum atomic E-state index is -4.68. The molecular formula is C31H21F3N2O4. The highest BCUT2D eigenvalue weighted by atomic mass is 19.4. The molecule has 3 aromatic carbocycles. The van der Waals surface area contributed by atoms with Crippen molar-refractivity contribution >= 4 is 29.1 Å². The van der Waals surface area contributed by atoms with E-state index in [1.165, 1.54) is 6.07 Å². The van der Waals surface area contributed by atoms with Crippen molar-refractivity contribution in [3.8, 4) is 0 Å². The molecule has 2 saturated heterocycles. The largest absolute Gasteiger partial charge is 0.416 e. The van der Waals surface area contributed by atoms with E-state index in [9.17, 15) is 32.3 Å². The number of nitrogens with zero attached hydrogens (tertiary/aromatic N) is 2. The van der Waals surface area contributed by atoms with Crippen LogP contribution in [0.15, 0.2) is 109 Å². The number of hydrogen-bond donors (Lipinski definition) is 0. The first-order valence-corrected chi connectivity index (χ1v) is 12.6. The number of Topliss-reactive ketones (excluding diaryl/α,β-unsaturated/α-hetero) is 2. The summed E-state index contributed by atoms with van der Waals surface area (Å²) < 4.78 is 40.3. The van der Waals surface area contributed by atoms with Crippen molar-refractivity contribution in [3.63, 3.8) is 0 Å². The van der Waals surface area contributed by atoms with Crippen LogP contribution in [0, 0.1) is 11.8 Å². The van der Waals surface area contributed by atoms with Gasteiger partial charge < -0.3 is 4.90 Å². The van der Waals surface area contributed by atoms with Crippen LogP contribution in [0.2, 0.25) is 0 Å². The number of carbonyl (C=O) groups excluding carboxylic acids is 4. The van der Waals surface area contributed by atoms with E-state index in [0.29, 0.717) is 11.1 Å². The Hall–Kier alpha value is -4.79. The highest BCUT2D eigenvalue weighted by Gasteiger charge is 2.63. The molecular weight excluding hydrogens is 521 g/mol. The van der Waals surface area contributed by atoms with E-state index < -0.39 is 53.3 Å². The van der Waals surface area contributed by atoms with Crippen LogP contribution in [0.25, 0.3) is 0 Å². The molecule has 4 atom stereocenters. The third-order valence-electron chi connectivity index (χ3n) is 7.60. The SMILES string of the molecule is O=C(C1=CC2[C@H]3C(=O)N(c4cccc(C(F)(F)F)c4)C(=O)[C@H]3C(C(=O)c3ccccc3)N2C=C1)c1ccccc1. The van der Waals surface area contributed by atoms with Gasteiger partial charge >= 0.3 is 6.18 Å². The normalized spacial score (nSPS) is 23.6. The molecule has 0 bridgehead atoms. The van der Waals surface area contributed by atoms with Gasteiger partial charge in [-0.2, -0.15) is 13.2 Å². The van der Waals surface area contributed by atoms with E-state index in [2.05, 4.69) is 0 Å². The maximum absolute atomic E-state index is 13.8. The second-order valence-corrected chi connectivity index (χ2v) is 9.86. The summed E-state index contributed by atoms with van der Waals surface area (Å²) in [7, 11) is 0. The maximum atomic E-state index is 13.8. The second-order valence-electron chi connectivity index (χ2n) is 9.86. The Morgan fingerprint density at radius 3 is 2.02 bits per heavy atom. The van der Waals surface area contributed by atoms with Gasteiger partial charge in [-0.25, -0.2) is 4.90 Å². The van der Waals surface area contributed by atoms with Crippen molar-refractivity contribution in [1.82, 2.24) is 4.90 Å². The van der Waals surface area contributed by atoms with E-state index in [4.69, 9.17) is 0 Å². The minimum Gasteiger partial charge on any atom is -0.359 e. The number of alkyl halides is 3. The summed E-state index contributed by atoms with van der Waals surface area (Å²) in [4.78, 5) is 57.0. The molecule has 0 spiro atoms. The van der Waals surface area contributed by atoms with Crippen LogP contribution < -0.4 is 4.90 Å². The molecule has 3 aromatic rings. The van der Waals surface area contributed by atoms with Crippen LogP contribution in [-0.2, 0) is 15.8 Å². The number of hydrogen-bond acceptors (Lipinski definition) is 5. The van der Waals surface area contributed by atoms with Gasteiger partial charge in [-0.15, -0.1) is 0 Å². The zero-order chi connectivity index (χ0) is 28.2. The topological polar surface area (TPSA) is 74.8 Å². The standard InChI is InChI=1S/C31H21F3N2O4/c32-31(33,34)21-12-7-13-22(17-21)36-29(39)24-23-16-20(27(37)18-8-3-1-4-9-18)14-15-35(23)26(25(24)30(36)40)28(38)19-10-5-2-6-11-19/h1-17,23-26H/t23?,24-,25-,26?/m1/s1. The zero-order valence-electron chi connectivity index (χ0n) is 20.8. The summed E-state index contributed by atoms with van der Waals surface area (Å²) in [6.07, 6.45) is 0.00746. The van der Waals surface area contributed by atoms with Gasteiger partial charge in [0.2, 0.25) is 11.8 Å². The lowest BCUT2D eigenvalue weighted by Gasteiger charge is -2.33. The summed E-state index contributed by atoms with van der Waals surface area (Å²) >= 11 is 0. The van der Waals surface area contributed by atoms with Gasteiger partial charge in [0.15, 0.2) is 11.6 Å². The molecule has 3 aliphatic heterocycles. The fourth-order valence-electron chi connectivity index (χ4n) is 5.80. The van der Waals surface area contributed by atoms with Crippen LogP contribution in [0.1, 0.15) is 26.3 Å². The molecule has 3 aliphatic rings. The van der Waals surface area contributed by atoms with E-state index in [-0.39, 0.29) is 17.0 Å². The van der Waals surface area contributed by atoms with Crippen LogP contribution >= 0.6 is 0 Å². The summed E-state index contributed by atoms with van der Waals surface area (Å²) in [5.41, 5.74) is -0.173. The number of imide groups is 1. The average Bonchev–Trinajstić information content (AvgIpc) is 3.44. The van der Waals surface area contributed by atoms with E-state index >= 15 is 0 Å². The molecule has 6 rings (SSSR count). The van der Waals surface area contributed by atoms with E-state index in [1.54, 1.807) is 83.9 Å². The molecule has 0 radical (unpaired) electrons. The second kappa shape index (κ2) is 9.44. The minimum absolute atomic E-state index is 0.215. The van der Waals surface area contributed by atoms with E-state index in [0.717, 1.165) is 23.1 Å². The Kier molecular flexibility index (Phi) is 6.02. The molecule has 2 fully saturated rings. The van der Waals surface area contributed by atoms with Crippen molar-refractivity contribution in [1.29, 1.82) is 0 Å². The first-order valence-electron chi connectivity index (χ1n) is 12.6. The monoisotopic (exact) mass is 542 g/mol. The lowest BCUT2D eigenvalue weighted by atomic mass is 9.85. The number of anilines is 1. The van der Waals surface area contributed by atoms with Crippen LogP contribution in [0.5, 0.6) is 0 Å². The number of fused-ring (bicyclic) bond motifs is 3. The zero-order valence-corrected chi connectivity index (χ0v) is 20.8. The number of carbonyl (C=O) groups is 4. The first kappa shape index (κ1) is 25.5. The quantitative estimate of drug-likeness (QED) is 0.332. The van der Waals surface area contributed by atoms with Gasteiger partial charge in [0.05, 0.1) is 29.1 Å². The van der Waals surface area contributed by atoms with E-state index in [1.807, 2.05) is 0 Å². The van der Waals surface area contributed by atoms with Crippen molar-refractivity contribution in [2.45, 2.75) is 18.3 Å². The van der Waals surface area contributed by atoms with Crippen LogP contribution in [-0.4, -0.2) is 40.4 Å². The average molecular weight is 543 g/mol. The van der Waals surface area contributed by atoms with Gasteiger partial charge in [-0.3, -0.25) is 19.2 Å². The molecule has 2 unspecified atom stereocenters. The molecule has 0 aromatic heterocycles. The Morgan fingerprint density at radius 1 is 0.750 bits per heavy atom. The van der Waals surface area contributed by atoms with Gasteiger partial charge in [0.1, 0.15) is 6.04 Å². The van der Waals surface area contributed by atoms with Crippen LogP contribution in [0.4, 0.5) is 18.9 Å². The fourth-order valence-corrected chi connectivity index (χ4v) is 5.80. The lowest BCUT2D eigenvalue weighted by Crippen LogP contribution is -2.46. The predicted molar refractivity (Wildman–Crippen MR) is 139 cm³/mol. The van der Waals surface area contributed by atoms with Gasteiger partial charge in [0.25, 0.3) is 0 Å². The Labute approximate surface area is 227 Å². The smallest absolute Gasteiger partial charge is 0.359 e. The van der Waals surface area contributed by atoms with Crippen LogP contribution in [0.3, 0.4) is 0 Å². The third kappa shape index (κ3) is 4.05. The Bertz CT molecular complexity index is 1600. The summed E-state index contributed by atoms with van der Waals surface area (Å²) in [6.45, 7) is 0. The Balaban J connectivity index is 1.43. The highest BCUT2D eigenvalue weighted by molar-refractivity contribution is 6.25. The van der Waals surface area contributed by atoms with Gasteiger partial charge in [-0.1, -0.05) is 72.8 Å². The number of benzene rings is 3. The summed E-state index contributed by atoms with van der Waals surface area (Å²) in [5.74, 6) is -4.41. The molecule has 9 heteroatoms. The van der Waals surface area contributed by atoms with Gasteiger partial charge in [-0.05, 0) is 24.3 Å². The maximum Gasteiger partial charge on any atom is 0.416 e. The van der Waals surface area contributed by atoms with Crippen molar-refractivity contribution in [2.75, 3.05) is 4.90 Å². The fraction of sp³-hybridized carbons (Fsp3) is 0.161. The molecule has 3 heterocycles. The summed E-state index contributed by atoms with van der Waals surface area (Å²) in [6, 6.07) is 18.9. The first-order chi connectivity index (χ1) is 19.2. The molecule has 0 aliphatic carbocycles. The molecule has 200 valence electrons. The third-order valence-corrected chi connectivity index (χ3v) is 7.60. The molecule has 40 heavy (non-hydrogen) atoms. The van der Waals surface area contributed by atoms with Gasteiger partial charge in [0, 0.05) is 22.9 Å². The molecule has 2 amide bonds. The van der Waals surface area contributed by atoms with Crippen molar-refractivity contribution in [2.24, 2.45) is 11.8 Å². The van der Waals surface area contributed by atoms with Crippen molar-refractivity contribution < 1.29 is 32.3 Å². The number of rotatable bonds is 5. The molecule has 0 saturated carbocycles. The number of allylic oxidation sites excluding steroid dienone is 2. The predicted octanol–water partition coefficient (Wildman–Crippen LogP) is 5.08. The Morgan fingerprint density at radius 2 is 1.38 bits per heavy atom. The number of amides is 2. The van der Waals surface area contributed by atoms with Crippen molar-refractivity contribution in [3.05, 3.63) is 126 Å².